The van der Waals surface area contributed by atoms with Crippen molar-refractivity contribution in [2.75, 3.05) is 24.9 Å². The van der Waals surface area contributed by atoms with Crippen LogP contribution in [0.25, 0.3) is 0 Å². The van der Waals surface area contributed by atoms with Gasteiger partial charge < -0.3 is 4.74 Å². The van der Waals surface area contributed by atoms with Crippen molar-refractivity contribution >= 4 is 43.0 Å². The largest absolute Gasteiger partial charge is 0.465 e. The maximum atomic E-state index is 12.9. The summed E-state index contributed by atoms with van der Waals surface area (Å²) < 4.78 is 59.9. The van der Waals surface area contributed by atoms with Crippen LogP contribution < -0.4 is 4.72 Å². The molecular weight excluding hydrogens is 436 g/mol. The van der Waals surface area contributed by atoms with E-state index >= 15 is 0 Å². The first kappa shape index (κ1) is 23.3. The van der Waals surface area contributed by atoms with E-state index in [-0.39, 0.29) is 20.4 Å². The quantitative estimate of drug-likeness (QED) is 0.607. The van der Waals surface area contributed by atoms with E-state index in [1.165, 1.54) is 35.0 Å². The van der Waals surface area contributed by atoms with Crippen molar-refractivity contribution in [2.24, 2.45) is 0 Å². The summed E-state index contributed by atoms with van der Waals surface area (Å²) in [5, 5.41) is 1.47. The van der Waals surface area contributed by atoms with Gasteiger partial charge in [-0.2, -0.15) is 4.31 Å². The molecule has 160 valence electrons. The number of methoxy groups -OCH3 is 1. The molecule has 0 fully saturated rings. The van der Waals surface area contributed by atoms with Gasteiger partial charge >= 0.3 is 5.97 Å². The van der Waals surface area contributed by atoms with Gasteiger partial charge in [0.25, 0.3) is 10.0 Å². The number of hydrogen-bond donors (Lipinski definition) is 1. The summed E-state index contributed by atoms with van der Waals surface area (Å²) in [4.78, 5) is 11.6. The highest BCUT2D eigenvalue weighted by Gasteiger charge is 2.27. The van der Waals surface area contributed by atoms with Crippen molar-refractivity contribution in [3.63, 3.8) is 0 Å². The van der Waals surface area contributed by atoms with E-state index in [2.05, 4.69) is 9.46 Å². The van der Waals surface area contributed by atoms with Gasteiger partial charge in [0, 0.05) is 13.1 Å². The molecule has 1 aromatic heterocycles. The number of carbonyl (C=O) groups is 1. The average Bonchev–Trinajstić information content (AvgIpc) is 3.16. The van der Waals surface area contributed by atoms with Crippen LogP contribution in [-0.4, -0.2) is 47.3 Å². The van der Waals surface area contributed by atoms with Gasteiger partial charge in [-0.15, -0.1) is 11.3 Å². The minimum atomic E-state index is -4.14. The first-order chi connectivity index (χ1) is 13.5. The predicted molar refractivity (Wildman–Crippen MR) is 112 cm³/mol. The molecule has 1 aromatic carbocycles. The van der Waals surface area contributed by atoms with Crippen molar-refractivity contribution in [2.45, 2.75) is 37.5 Å². The molecule has 0 spiro atoms. The number of nitrogens with zero attached hydrogens (tertiary/aromatic N) is 1. The Morgan fingerprint density at radius 3 is 2.31 bits per heavy atom. The number of anilines is 1. The molecule has 0 saturated heterocycles. The zero-order valence-electron chi connectivity index (χ0n) is 16.8. The molecule has 0 aliphatic carbocycles. The zero-order valence-corrected chi connectivity index (χ0v) is 19.3. The average molecular weight is 461 g/mol. The summed E-state index contributed by atoms with van der Waals surface area (Å²) in [6.07, 6.45) is 0. The third-order valence-electron chi connectivity index (χ3n) is 4.52. The van der Waals surface area contributed by atoms with Gasteiger partial charge in [-0.05, 0) is 48.6 Å². The lowest BCUT2D eigenvalue weighted by molar-refractivity contribution is 0.0602. The van der Waals surface area contributed by atoms with Crippen LogP contribution in [0.5, 0.6) is 0 Å². The number of aryl methyl sites for hydroxylation is 1. The van der Waals surface area contributed by atoms with Gasteiger partial charge in [0.15, 0.2) is 0 Å². The Morgan fingerprint density at radius 1 is 1.14 bits per heavy atom. The molecule has 0 saturated carbocycles. The summed E-state index contributed by atoms with van der Waals surface area (Å²) in [7, 11) is -6.74. The van der Waals surface area contributed by atoms with E-state index < -0.39 is 26.0 Å². The maximum absolute atomic E-state index is 12.9. The topological polar surface area (TPSA) is 110 Å². The summed E-state index contributed by atoms with van der Waals surface area (Å²) in [6, 6.07) is 4.13. The van der Waals surface area contributed by atoms with E-state index in [0.717, 1.165) is 11.3 Å². The summed E-state index contributed by atoms with van der Waals surface area (Å²) in [6.45, 7) is 7.45. The Hall–Kier alpha value is -1.95. The van der Waals surface area contributed by atoms with Crippen LogP contribution in [0.3, 0.4) is 0 Å². The van der Waals surface area contributed by atoms with Crippen LogP contribution >= 0.6 is 11.3 Å². The fourth-order valence-electron chi connectivity index (χ4n) is 2.74. The molecule has 0 radical (unpaired) electrons. The molecule has 8 nitrogen and oxygen atoms in total. The van der Waals surface area contributed by atoms with Crippen LogP contribution in [0.4, 0.5) is 5.69 Å². The van der Waals surface area contributed by atoms with Crippen LogP contribution in [0, 0.1) is 13.8 Å². The molecule has 11 heteroatoms. The molecule has 2 rings (SSSR count). The molecule has 29 heavy (non-hydrogen) atoms. The minimum Gasteiger partial charge on any atom is -0.465 e. The number of thiophene rings is 1. The lowest BCUT2D eigenvalue weighted by atomic mass is 10.1. The SMILES string of the molecule is CCN(CC)S(=O)(=O)c1cc(C)c(C)c(NS(=O)(=O)c2ccsc2C(=O)OC)c1. The molecule has 1 N–H and O–H groups in total. The molecule has 0 bridgehead atoms. The molecule has 1 heterocycles. The second kappa shape index (κ2) is 8.82. The van der Waals surface area contributed by atoms with E-state index in [4.69, 9.17) is 0 Å². The normalized spacial score (nSPS) is 12.2. The fourth-order valence-corrected chi connectivity index (χ4v) is 6.76. The number of hydrogen-bond acceptors (Lipinski definition) is 7. The molecule has 0 unspecified atom stereocenters. The van der Waals surface area contributed by atoms with Crippen LogP contribution in [0.1, 0.15) is 34.6 Å². The summed E-state index contributed by atoms with van der Waals surface area (Å²) in [5.74, 6) is -0.758. The monoisotopic (exact) mass is 460 g/mol. The highest BCUT2D eigenvalue weighted by atomic mass is 32.2. The van der Waals surface area contributed by atoms with Gasteiger partial charge in [-0.3, -0.25) is 4.72 Å². The smallest absolute Gasteiger partial charge is 0.349 e. The Morgan fingerprint density at radius 2 is 1.76 bits per heavy atom. The van der Waals surface area contributed by atoms with Gasteiger partial charge in [0.2, 0.25) is 10.0 Å². The second-order valence-corrected chi connectivity index (χ2v) is 10.7. The first-order valence-electron chi connectivity index (χ1n) is 8.79. The maximum Gasteiger partial charge on any atom is 0.349 e. The summed E-state index contributed by atoms with van der Waals surface area (Å²) in [5.41, 5.74) is 1.34. The number of carbonyl (C=O) groups excluding carboxylic acids is 1. The second-order valence-electron chi connectivity index (χ2n) is 6.21. The highest BCUT2D eigenvalue weighted by molar-refractivity contribution is 7.93. The molecule has 2 aromatic rings. The standard InChI is InChI=1S/C18H24N2O6S3/c1-6-20(7-2)29(24,25)14-10-12(3)13(4)15(11-14)19-28(22,23)16-8-9-27-17(16)18(21)26-5/h8-11,19H,6-7H2,1-5H3. The molecular formula is C18H24N2O6S3. The van der Waals surface area contributed by atoms with Crippen LogP contribution in [0.15, 0.2) is 33.4 Å². The lowest BCUT2D eigenvalue weighted by Gasteiger charge is -2.20. The van der Waals surface area contributed by atoms with Crippen molar-refractivity contribution in [3.8, 4) is 0 Å². The molecule has 0 aliphatic rings. The Labute approximate surface area is 175 Å². The molecule has 0 amide bonds. The summed E-state index contributed by atoms with van der Waals surface area (Å²) >= 11 is 0.948. The Balaban J connectivity index is 2.55. The minimum absolute atomic E-state index is 0.000472. The van der Waals surface area contributed by atoms with Crippen molar-refractivity contribution < 1.29 is 26.4 Å². The number of rotatable bonds is 8. The van der Waals surface area contributed by atoms with E-state index in [0.29, 0.717) is 24.2 Å². The molecule has 0 aliphatic heterocycles. The van der Waals surface area contributed by atoms with Crippen molar-refractivity contribution in [1.29, 1.82) is 0 Å². The lowest BCUT2D eigenvalue weighted by Crippen LogP contribution is -2.30. The van der Waals surface area contributed by atoms with E-state index in [9.17, 15) is 21.6 Å². The third kappa shape index (κ3) is 4.63. The van der Waals surface area contributed by atoms with Crippen LogP contribution in [0.2, 0.25) is 0 Å². The number of esters is 1. The van der Waals surface area contributed by atoms with Gasteiger partial charge in [0.1, 0.15) is 9.77 Å². The molecule has 0 atom stereocenters. The zero-order chi connectivity index (χ0) is 22.0. The van der Waals surface area contributed by atoms with Gasteiger partial charge in [0.05, 0.1) is 17.7 Å². The van der Waals surface area contributed by atoms with E-state index in [1.54, 1.807) is 27.7 Å². The van der Waals surface area contributed by atoms with Crippen LogP contribution in [-0.2, 0) is 24.8 Å². The van der Waals surface area contributed by atoms with E-state index in [1.807, 2.05) is 0 Å². The Bertz CT molecular complexity index is 1120. The fraction of sp³-hybridized carbons (Fsp3) is 0.389. The van der Waals surface area contributed by atoms with Crippen molar-refractivity contribution in [1.82, 2.24) is 4.31 Å². The number of nitrogens with one attached hydrogen (secondary N) is 1. The Kier molecular flexibility index (Phi) is 7.10. The number of ether oxygens (including phenoxy) is 1. The van der Waals surface area contributed by atoms with Crippen molar-refractivity contribution in [3.05, 3.63) is 39.6 Å². The highest BCUT2D eigenvalue weighted by Crippen LogP contribution is 2.30. The number of sulfonamides is 2. The number of benzene rings is 1. The first-order valence-corrected chi connectivity index (χ1v) is 12.6. The van der Waals surface area contributed by atoms with Gasteiger partial charge in [-0.1, -0.05) is 13.8 Å². The predicted octanol–water partition coefficient (Wildman–Crippen LogP) is 2.98. The van der Waals surface area contributed by atoms with Gasteiger partial charge in [-0.25, -0.2) is 21.6 Å². The third-order valence-corrected chi connectivity index (χ3v) is 8.98.